The number of nitrogens with one attached hydrogen (secondary N) is 2. The van der Waals surface area contributed by atoms with E-state index in [1.165, 1.54) is 0 Å². The van der Waals surface area contributed by atoms with Crippen molar-refractivity contribution in [3.05, 3.63) is 59.7 Å². The molecule has 0 aliphatic carbocycles. The van der Waals surface area contributed by atoms with Gasteiger partial charge in [-0.05, 0) is 49.9 Å². The van der Waals surface area contributed by atoms with E-state index in [4.69, 9.17) is 18.9 Å². The minimum Gasteiger partial charge on any atom is -0.493 e. The normalized spacial score (nSPS) is 17.4. The molecule has 3 atom stereocenters. The van der Waals surface area contributed by atoms with Crippen molar-refractivity contribution in [2.45, 2.75) is 45.7 Å². The monoisotopic (exact) mass is 555 g/mol. The molecule has 0 bridgehead atoms. The highest BCUT2D eigenvalue weighted by Crippen LogP contribution is 2.30. The Bertz CT molecular complexity index is 1060. The van der Waals surface area contributed by atoms with Crippen molar-refractivity contribution in [2.24, 2.45) is 11.8 Å². The molecule has 2 N–H and O–H groups in total. The van der Waals surface area contributed by atoms with E-state index >= 15 is 0 Å². The molecule has 40 heavy (non-hydrogen) atoms. The highest BCUT2D eigenvalue weighted by atomic mass is 16.5. The quantitative estimate of drug-likeness (QED) is 0.308. The van der Waals surface area contributed by atoms with Gasteiger partial charge in [-0.3, -0.25) is 4.79 Å². The summed E-state index contributed by atoms with van der Waals surface area (Å²) in [6.45, 7) is 9.44. The van der Waals surface area contributed by atoms with Gasteiger partial charge in [0.1, 0.15) is 0 Å². The van der Waals surface area contributed by atoms with Crippen LogP contribution >= 0.6 is 0 Å². The van der Waals surface area contributed by atoms with Gasteiger partial charge in [0.15, 0.2) is 11.5 Å². The number of nitrogens with zero attached hydrogens (tertiary/aromatic N) is 1. The van der Waals surface area contributed by atoms with Crippen molar-refractivity contribution in [3.8, 4) is 11.5 Å². The van der Waals surface area contributed by atoms with Gasteiger partial charge >= 0.3 is 6.09 Å². The van der Waals surface area contributed by atoms with E-state index in [0.717, 1.165) is 31.5 Å². The highest BCUT2D eigenvalue weighted by Gasteiger charge is 2.33. The summed E-state index contributed by atoms with van der Waals surface area (Å²) in [6.07, 6.45) is 1.08. The first-order chi connectivity index (χ1) is 19.4. The Kier molecular flexibility index (Phi) is 12.6. The van der Waals surface area contributed by atoms with Gasteiger partial charge in [-0.25, -0.2) is 4.79 Å². The number of methoxy groups -OCH3 is 2. The number of amides is 2. The SMILES string of the molecule is CCC(NC(=O)OC[C@@H]1CNCC1CN(C(=O)c1ccc(OC)c(OCCCOC)c1)C(C)C)c1ccccc1. The van der Waals surface area contributed by atoms with E-state index in [-0.39, 0.29) is 36.4 Å². The van der Waals surface area contributed by atoms with Crippen molar-refractivity contribution < 1.29 is 28.5 Å². The fraction of sp³-hybridized carbons (Fsp3) is 0.548. The summed E-state index contributed by atoms with van der Waals surface area (Å²) >= 11 is 0. The van der Waals surface area contributed by atoms with Crippen LogP contribution in [-0.2, 0) is 9.47 Å². The van der Waals surface area contributed by atoms with Crippen LogP contribution in [0.1, 0.15) is 55.6 Å². The Hall–Kier alpha value is -3.30. The number of rotatable bonds is 15. The van der Waals surface area contributed by atoms with Crippen molar-refractivity contribution >= 4 is 12.0 Å². The maximum atomic E-state index is 13.7. The lowest BCUT2D eigenvalue weighted by molar-refractivity contribution is 0.0627. The molecule has 0 radical (unpaired) electrons. The van der Waals surface area contributed by atoms with Crippen molar-refractivity contribution in [2.75, 3.05) is 53.7 Å². The Morgan fingerprint density at radius 3 is 2.45 bits per heavy atom. The van der Waals surface area contributed by atoms with Crippen molar-refractivity contribution in [1.29, 1.82) is 0 Å². The number of alkyl carbamates (subject to hydrolysis) is 1. The van der Waals surface area contributed by atoms with Crippen LogP contribution in [0.3, 0.4) is 0 Å². The largest absolute Gasteiger partial charge is 0.493 e. The summed E-state index contributed by atoms with van der Waals surface area (Å²) in [5.74, 6) is 1.30. The van der Waals surface area contributed by atoms with Crippen molar-refractivity contribution in [1.82, 2.24) is 15.5 Å². The molecule has 2 aromatic carbocycles. The molecule has 1 saturated heterocycles. The van der Waals surface area contributed by atoms with Crippen molar-refractivity contribution in [3.63, 3.8) is 0 Å². The van der Waals surface area contributed by atoms with E-state index < -0.39 is 6.09 Å². The highest BCUT2D eigenvalue weighted by molar-refractivity contribution is 5.95. The van der Waals surface area contributed by atoms with Crippen LogP contribution in [-0.4, -0.2) is 76.6 Å². The Morgan fingerprint density at radius 1 is 1.02 bits per heavy atom. The molecule has 2 unspecified atom stereocenters. The molecule has 3 rings (SSSR count). The van der Waals surface area contributed by atoms with Crippen LogP contribution in [0.5, 0.6) is 11.5 Å². The molecule has 220 valence electrons. The van der Waals surface area contributed by atoms with Gasteiger partial charge in [0, 0.05) is 57.3 Å². The van der Waals surface area contributed by atoms with E-state index in [2.05, 4.69) is 10.6 Å². The van der Waals surface area contributed by atoms with E-state index in [1.54, 1.807) is 32.4 Å². The molecule has 1 heterocycles. The van der Waals surface area contributed by atoms with Gasteiger partial charge < -0.3 is 34.5 Å². The third kappa shape index (κ3) is 8.86. The second-order valence-corrected chi connectivity index (χ2v) is 10.4. The Balaban J connectivity index is 1.61. The molecule has 1 fully saturated rings. The van der Waals surface area contributed by atoms with E-state index in [1.807, 2.05) is 56.0 Å². The van der Waals surface area contributed by atoms with Gasteiger partial charge in [-0.1, -0.05) is 37.3 Å². The summed E-state index contributed by atoms with van der Waals surface area (Å²) < 4.78 is 22.1. The number of hydrogen-bond donors (Lipinski definition) is 2. The van der Waals surface area contributed by atoms with Gasteiger partial charge in [0.2, 0.25) is 0 Å². The molecule has 1 aliphatic rings. The van der Waals surface area contributed by atoms with Crippen LogP contribution < -0.4 is 20.1 Å². The van der Waals surface area contributed by atoms with Gasteiger partial charge in [0.05, 0.1) is 26.4 Å². The average Bonchev–Trinajstić information content (AvgIpc) is 3.42. The molecule has 2 amide bonds. The van der Waals surface area contributed by atoms with Gasteiger partial charge in [-0.2, -0.15) is 0 Å². The average molecular weight is 556 g/mol. The molecule has 9 nitrogen and oxygen atoms in total. The second-order valence-electron chi connectivity index (χ2n) is 10.4. The molecular formula is C31H45N3O6. The topological polar surface area (TPSA) is 98.4 Å². The minimum atomic E-state index is -0.422. The fourth-order valence-electron chi connectivity index (χ4n) is 4.92. The van der Waals surface area contributed by atoms with Crippen LogP contribution in [0.2, 0.25) is 0 Å². The molecule has 0 aromatic heterocycles. The Morgan fingerprint density at radius 2 is 1.77 bits per heavy atom. The van der Waals surface area contributed by atoms with Crippen LogP contribution in [0.4, 0.5) is 4.79 Å². The number of carbonyl (C=O) groups excluding carboxylic acids is 2. The lowest BCUT2D eigenvalue weighted by Crippen LogP contribution is -2.42. The van der Waals surface area contributed by atoms with Crippen LogP contribution in [0.25, 0.3) is 0 Å². The number of benzene rings is 2. The fourth-order valence-corrected chi connectivity index (χ4v) is 4.92. The maximum absolute atomic E-state index is 13.7. The zero-order chi connectivity index (χ0) is 28.9. The lowest BCUT2D eigenvalue weighted by atomic mass is 9.95. The molecular weight excluding hydrogens is 510 g/mol. The van der Waals surface area contributed by atoms with Gasteiger partial charge in [0.25, 0.3) is 5.91 Å². The smallest absolute Gasteiger partial charge is 0.407 e. The molecule has 0 saturated carbocycles. The third-order valence-corrected chi connectivity index (χ3v) is 7.29. The first-order valence-electron chi connectivity index (χ1n) is 14.2. The molecule has 0 spiro atoms. The first kappa shape index (κ1) is 31.2. The summed E-state index contributed by atoms with van der Waals surface area (Å²) in [5, 5.41) is 6.39. The van der Waals surface area contributed by atoms with Crippen LogP contribution in [0, 0.1) is 11.8 Å². The molecule has 2 aromatic rings. The summed E-state index contributed by atoms with van der Waals surface area (Å²) in [6, 6.07) is 15.1. The van der Waals surface area contributed by atoms with Gasteiger partial charge in [-0.15, -0.1) is 0 Å². The van der Waals surface area contributed by atoms with E-state index in [9.17, 15) is 9.59 Å². The first-order valence-corrected chi connectivity index (χ1v) is 14.2. The predicted molar refractivity (Wildman–Crippen MR) is 155 cm³/mol. The standard InChI is InChI=1S/C31H45N3O6/c1-6-27(23-11-8-7-9-12-23)33-31(36)40-21-26-19-32-18-25(26)20-34(22(2)3)30(35)24-13-14-28(38-5)29(17-24)39-16-10-15-37-4/h7-9,11-14,17,22,25-27,32H,6,10,15-16,18-21H2,1-5H3,(H,33,36)/t25?,26-,27?/m0/s1. The predicted octanol–water partition coefficient (Wildman–Crippen LogP) is 4.67. The Labute approximate surface area is 238 Å². The number of ether oxygens (including phenoxy) is 4. The second kappa shape index (κ2) is 16.1. The zero-order valence-corrected chi connectivity index (χ0v) is 24.5. The molecule has 9 heteroatoms. The maximum Gasteiger partial charge on any atom is 0.407 e. The zero-order valence-electron chi connectivity index (χ0n) is 24.5. The number of carbonyl (C=O) groups is 2. The van der Waals surface area contributed by atoms with Crippen LogP contribution in [0.15, 0.2) is 48.5 Å². The summed E-state index contributed by atoms with van der Waals surface area (Å²) in [7, 11) is 3.23. The third-order valence-electron chi connectivity index (χ3n) is 7.29. The lowest BCUT2D eigenvalue weighted by Gasteiger charge is -2.31. The van der Waals surface area contributed by atoms with E-state index in [0.29, 0.717) is 36.8 Å². The minimum absolute atomic E-state index is 0.0117. The number of hydrogen-bond acceptors (Lipinski definition) is 7. The summed E-state index contributed by atoms with van der Waals surface area (Å²) in [4.78, 5) is 28.2. The summed E-state index contributed by atoms with van der Waals surface area (Å²) in [5.41, 5.74) is 1.59. The molecule has 1 aliphatic heterocycles.